The van der Waals surface area contributed by atoms with Crippen molar-refractivity contribution in [2.75, 3.05) is 6.54 Å². The summed E-state index contributed by atoms with van der Waals surface area (Å²) in [5, 5.41) is 8.74. The number of hydrogen-bond donors (Lipinski definition) is 1. The highest BCUT2D eigenvalue weighted by atomic mass is 16.4. The number of amides is 2. The number of rotatable bonds is 9. The van der Waals surface area contributed by atoms with E-state index in [1.807, 2.05) is 20.8 Å². The van der Waals surface area contributed by atoms with Crippen molar-refractivity contribution in [3.8, 4) is 0 Å². The predicted octanol–water partition coefficient (Wildman–Crippen LogP) is 2.83. The van der Waals surface area contributed by atoms with Gasteiger partial charge >= 0.3 is 5.97 Å². The fourth-order valence-electron chi connectivity index (χ4n) is 3.08. The average Bonchev–Trinajstić information content (AvgIpc) is 2.71. The Balaban J connectivity index is 2.60. The van der Waals surface area contributed by atoms with Gasteiger partial charge in [0, 0.05) is 19.4 Å². The van der Waals surface area contributed by atoms with E-state index in [-0.39, 0.29) is 24.2 Å². The maximum absolute atomic E-state index is 12.5. The van der Waals surface area contributed by atoms with Crippen molar-refractivity contribution in [2.24, 2.45) is 11.3 Å². The summed E-state index contributed by atoms with van der Waals surface area (Å²) in [6.45, 7) is 6.36. The highest BCUT2D eigenvalue weighted by Crippen LogP contribution is 2.39. The monoisotopic (exact) mass is 297 g/mol. The minimum absolute atomic E-state index is 0.0365. The van der Waals surface area contributed by atoms with Gasteiger partial charge in [-0.15, -0.1) is 0 Å². The van der Waals surface area contributed by atoms with Gasteiger partial charge in [0.2, 0.25) is 11.8 Å². The van der Waals surface area contributed by atoms with Gasteiger partial charge in [-0.3, -0.25) is 19.3 Å². The van der Waals surface area contributed by atoms with E-state index in [2.05, 4.69) is 0 Å². The Kier molecular flexibility index (Phi) is 6.37. The van der Waals surface area contributed by atoms with Crippen molar-refractivity contribution < 1.29 is 19.5 Å². The zero-order valence-corrected chi connectivity index (χ0v) is 13.4. The van der Waals surface area contributed by atoms with Crippen LogP contribution in [0.5, 0.6) is 0 Å². The number of carbonyl (C=O) groups is 3. The summed E-state index contributed by atoms with van der Waals surface area (Å²) in [6, 6.07) is 0. The van der Waals surface area contributed by atoms with Crippen molar-refractivity contribution >= 4 is 17.8 Å². The van der Waals surface area contributed by atoms with Crippen molar-refractivity contribution in [3.63, 3.8) is 0 Å². The molecule has 0 radical (unpaired) electrons. The molecule has 0 spiro atoms. The van der Waals surface area contributed by atoms with E-state index >= 15 is 0 Å². The van der Waals surface area contributed by atoms with Gasteiger partial charge in [0.1, 0.15) is 0 Å². The topological polar surface area (TPSA) is 74.7 Å². The van der Waals surface area contributed by atoms with Crippen LogP contribution in [0.15, 0.2) is 0 Å². The Bertz CT molecular complexity index is 401. The molecule has 21 heavy (non-hydrogen) atoms. The largest absolute Gasteiger partial charge is 0.481 e. The number of carboxylic acids is 1. The van der Waals surface area contributed by atoms with E-state index in [1.165, 1.54) is 4.90 Å². The zero-order valence-electron chi connectivity index (χ0n) is 13.4. The van der Waals surface area contributed by atoms with Crippen LogP contribution < -0.4 is 0 Å². The third-order valence-electron chi connectivity index (χ3n) is 4.95. The second kappa shape index (κ2) is 7.57. The number of likely N-dealkylation sites (tertiary alicyclic amines) is 1. The van der Waals surface area contributed by atoms with Crippen molar-refractivity contribution in [1.29, 1.82) is 0 Å². The van der Waals surface area contributed by atoms with E-state index in [0.717, 1.165) is 6.42 Å². The molecule has 0 aliphatic carbocycles. The van der Waals surface area contributed by atoms with Crippen LogP contribution in [0, 0.1) is 11.3 Å². The maximum atomic E-state index is 12.5. The van der Waals surface area contributed by atoms with Crippen LogP contribution in [-0.2, 0) is 14.4 Å². The standard InChI is InChI=1S/C16H27NO4/c1-4-12(7-8-14(19)20)9-10-17-13(18)11-16(5-2,6-3)15(17)21/h12H,4-11H2,1-3H3,(H,19,20). The number of nitrogens with zero attached hydrogens (tertiary/aromatic N) is 1. The Morgan fingerprint density at radius 3 is 2.29 bits per heavy atom. The van der Waals surface area contributed by atoms with Crippen LogP contribution in [0.3, 0.4) is 0 Å². The van der Waals surface area contributed by atoms with Gasteiger partial charge in [-0.2, -0.15) is 0 Å². The van der Waals surface area contributed by atoms with Crippen molar-refractivity contribution in [1.82, 2.24) is 4.90 Å². The molecule has 1 aliphatic rings. The Hall–Kier alpha value is -1.39. The molecule has 1 saturated heterocycles. The minimum atomic E-state index is -0.794. The number of aliphatic carboxylic acids is 1. The third kappa shape index (κ3) is 4.05. The van der Waals surface area contributed by atoms with Crippen LogP contribution in [0.4, 0.5) is 0 Å². The quantitative estimate of drug-likeness (QED) is 0.664. The van der Waals surface area contributed by atoms with Gasteiger partial charge < -0.3 is 5.11 Å². The lowest BCUT2D eigenvalue weighted by molar-refractivity contribution is -0.142. The molecule has 5 nitrogen and oxygen atoms in total. The number of carboxylic acid groups (broad SMARTS) is 1. The lowest BCUT2D eigenvalue weighted by Gasteiger charge is -2.24. The van der Waals surface area contributed by atoms with Gasteiger partial charge in [0.15, 0.2) is 0 Å². The summed E-state index contributed by atoms with van der Waals surface area (Å²) in [6.07, 6.45) is 4.04. The second-order valence-corrected chi connectivity index (χ2v) is 6.01. The second-order valence-electron chi connectivity index (χ2n) is 6.01. The summed E-state index contributed by atoms with van der Waals surface area (Å²) in [5.41, 5.74) is -0.500. The third-order valence-corrected chi connectivity index (χ3v) is 4.95. The molecule has 5 heteroatoms. The molecule has 1 heterocycles. The Morgan fingerprint density at radius 2 is 1.86 bits per heavy atom. The fraction of sp³-hybridized carbons (Fsp3) is 0.812. The van der Waals surface area contributed by atoms with E-state index in [1.54, 1.807) is 0 Å². The van der Waals surface area contributed by atoms with Gasteiger partial charge in [-0.1, -0.05) is 27.2 Å². The average molecular weight is 297 g/mol. The number of hydrogen-bond acceptors (Lipinski definition) is 3. The van der Waals surface area contributed by atoms with E-state index < -0.39 is 11.4 Å². The van der Waals surface area contributed by atoms with Crippen LogP contribution >= 0.6 is 0 Å². The summed E-state index contributed by atoms with van der Waals surface area (Å²) >= 11 is 0. The number of imide groups is 1. The minimum Gasteiger partial charge on any atom is -0.481 e. The molecule has 0 saturated carbocycles. The summed E-state index contributed by atoms with van der Waals surface area (Å²) < 4.78 is 0. The first-order valence-electron chi connectivity index (χ1n) is 7.96. The molecule has 1 rings (SSSR count). The molecule has 1 fully saturated rings. The molecule has 1 aliphatic heterocycles. The highest BCUT2D eigenvalue weighted by molar-refractivity contribution is 6.05. The molecule has 120 valence electrons. The van der Waals surface area contributed by atoms with Crippen LogP contribution in [-0.4, -0.2) is 34.3 Å². The number of carbonyl (C=O) groups excluding carboxylic acids is 2. The summed E-state index contributed by atoms with van der Waals surface area (Å²) in [4.78, 5) is 36.6. The Labute approximate surface area is 126 Å². The Morgan fingerprint density at radius 1 is 1.24 bits per heavy atom. The van der Waals surface area contributed by atoms with Crippen LogP contribution in [0.1, 0.15) is 65.7 Å². The lowest BCUT2D eigenvalue weighted by Crippen LogP contribution is -2.36. The van der Waals surface area contributed by atoms with Gasteiger partial charge in [-0.25, -0.2) is 0 Å². The first kappa shape index (κ1) is 17.7. The van der Waals surface area contributed by atoms with Crippen molar-refractivity contribution in [3.05, 3.63) is 0 Å². The molecule has 0 aromatic rings. The van der Waals surface area contributed by atoms with E-state index in [9.17, 15) is 14.4 Å². The molecular weight excluding hydrogens is 270 g/mol. The molecule has 0 bridgehead atoms. The smallest absolute Gasteiger partial charge is 0.303 e. The van der Waals surface area contributed by atoms with Crippen LogP contribution in [0.25, 0.3) is 0 Å². The van der Waals surface area contributed by atoms with E-state index in [4.69, 9.17) is 5.11 Å². The molecular formula is C16H27NO4. The van der Waals surface area contributed by atoms with Gasteiger partial charge in [-0.05, 0) is 31.6 Å². The first-order chi connectivity index (χ1) is 9.90. The molecule has 1 unspecified atom stereocenters. The summed E-state index contributed by atoms with van der Waals surface area (Å²) in [7, 11) is 0. The highest BCUT2D eigenvalue weighted by Gasteiger charge is 2.48. The summed E-state index contributed by atoms with van der Waals surface area (Å²) in [5.74, 6) is -0.653. The normalized spacial score (nSPS) is 19.1. The predicted molar refractivity (Wildman–Crippen MR) is 79.6 cm³/mol. The molecule has 0 aromatic carbocycles. The SMILES string of the molecule is CCC(CCC(=O)O)CCN1C(=O)CC(CC)(CC)C1=O. The zero-order chi connectivity index (χ0) is 16.0. The lowest BCUT2D eigenvalue weighted by atomic mass is 9.81. The maximum Gasteiger partial charge on any atom is 0.303 e. The van der Waals surface area contributed by atoms with E-state index in [0.29, 0.717) is 38.6 Å². The van der Waals surface area contributed by atoms with Gasteiger partial charge in [0.05, 0.1) is 5.41 Å². The fourth-order valence-corrected chi connectivity index (χ4v) is 3.08. The van der Waals surface area contributed by atoms with Crippen LogP contribution in [0.2, 0.25) is 0 Å². The molecule has 0 aromatic heterocycles. The first-order valence-corrected chi connectivity index (χ1v) is 7.96. The molecule has 1 atom stereocenters. The molecule has 2 amide bonds. The van der Waals surface area contributed by atoms with Gasteiger partial charge in [0.25, 0.3) is 0 Å². The molecule has 1 N–H and O–H groups in total. The van der Waals surface area contributed by atoms with Crippen molar-refractivity contribution in [2.45, 2.75) is 65.7 Å².